The molecule has 14 heavy (non-hydrogen) atoms. The van der Waals surface area contributed by atoms with Gasteiger partial charge in [-0.2, -0.15) is 8.78 Å². The first-order valence-corrected chi connectivity index (χ1v) is 3.77. The predicted molar refractivity (Wildman–Crippen MR) is 44.4 cm³/mol. The van der Waals surface area contributed by atoms with Crippen molar-refractivity contribution in [1.82, 2.24) is 0 Å². The number of phenolic OH excluding ortho intramolecular Hbond substituents is 1. The summed E-state index contributed by atoms with van der Waals surface area (Å²) in [6, 6.07) is 3.30. The van der Waals surface area contributed by atoms with Crippen molar-refractivity contribution in [3.05, 3.63) is 29.3 Å². The second-order valence-electron chi connectivity index (χ2n) is 2.90. The van der Waals surface area contributed by atoms with Crippen LogP contribution in [0.4, 0.5) is 8.78 Å². The molecule has 0 bridgehead atoms. The number of phenols is 1. The monoisotopic (exact) mass is 202 g/mol. The fraction of sp³-hybridized carbons (Fsp3) is 0.222. The van der Waals surface area contributed by atoms with Gasteiger partial charge in [0.25, 0.3) is 0 Å². The van der Waals surface area contributed by atoms with Crippen LogP contribution in [0.1, 0.15) is 11.1 Å². The van der Waals surface area contributed by atoms with E-state index in [1.807, 2.05) is 0 Å². The average molecular weight is 202 g/mol. The van der Waals surface area contributed by atoms with Gasteiger partial charge in [-0.1, -0.05) is 6.07 Å². The van der Waals surface area contributed by atoms with Crippen LogP contribution in [0, 0.1) is 6.92 Å². The van der Waals surface area contributed by atoms with E-state index in [0.29, 0.717) is 5.56 Å². The highest BCUT2D eigenvalue weighted by molar-refractivity contribution is 5.78. The lowest BCUT2D eigenvalue weighted by molar-refractivity contribution is -0.166. The van der Waals surface area contributed by atoms with E-state index in [2.05, 4.69) is 0 Å². The van der Waals surface area contributed by atoms with Gasteiger partial charge in [-0.05, 0) is 24.6 Å². The van der Waals surface area contributed by atoms with Crippen molar-refractivity contribution in [2.45, 2.75) is 12.8 Å². The molecule has 5 heteroatoms. The second kappa shape index (κ2) is 3.25. The Balaban J connectivity index is 3.26. The first-order chi connectivity index (χ1) is 6.35. The van der Waals surface area contributed by atoms with Crippen molar-refractivity contribution < 1.29 is 23.8 Å². The molecule has 3 nitrogen and oxygen atoms in total. The zero-order valence-corrected chi connectivity index (χ0v) is 7.29. The van der Waals surface area contributed by atoms with Gasteiger partial charge < -0.3 is 10.2 Å². The smallest absolute Gasteiger partial charge is 0.379 e. The van der Waals surface area contributed by atoms with E-state index in [1.54, 1.807) is 6.92 Å². The Morgan fingerprint density at radius 1 is 1.43 bits per heavy atom. The standard InChI is InChI=1S/C9H8F2O3/c1-5-2-3-6(7(12)4-5)9(10,11)8(13)14/h2-4,12H,1H3,(H,13,14). The number of aliphatic carboxylic acids is 1. The topological polar surface area (TPSA) is 57.5 Å². The SMILES string of the molecule is Cc1ccc(C(F)(F)C(=O)O)c(O)c1. The van der Waals surface area contributed by atoms with Crippen LogP contribution in [-0.2, 0) is 10.7 Å². The van der Waals surface area contributed by atoms with E-state index in [9.17, 15) is 13.6 Å². The molecule has 0 aliphatic rings. The Morgan fingerprint density at radius 3 is 2.43 bits per heavy atom. The van der Waals surface area contributed by atoms with Crippen LogP contribution in [0.5, 0.6) is 5.75 Å². The summed E-state index contributed by atoms with van der Waals surface area (Å²) in [6.45, 7) is 1.60. The summed E-state index contributed by atoms with van der Waals surface area (Å²) in [5.74, 6) is -7.05. The molecule has 0 aliphatic heterocycles. The summed E-state index contributed by atoms with van der Waals surface area (Å²) in [6.07, 6.45) is 0. The van der Waals surface area contributed by atoms with Gasteiger partial charge in [0, 0.05) is 0 Å². The van der Waals surface area contributed by atoms with E-state index in [1.165, 1.54) is 6.07 Å². The molecule has 0 unspecified atom stereocenters. The number of benzene rings is 1. The number of carbonyl (C=O) groups is 1. The molecular weight excluding hydrogens is 194 g/mol. The molecule has 2 N–H and O–H groups in total. The van der Waals surface area contributed by atoms with Crippen LogP contribution < -0.4 is 0 Å². The molecule has 0 radical (unpaired) electrons. The number of carboxylic acids is 1. The molecule has 1 aromatic carbocycles. The molecule has 76 valence electrons. The molecule has 0 spiro atoms. The predicted octanol–water partition coefficient (Wildman–Crippen LogP) is 1.88. The van der Waals surface area contributed by atoms with Gasteiger partial charge in [-0.15, -0.1) is 0 Å². The molecule has 0 amide bonds. The zero-order chi connectivity index (χ0) is 10.9. The van der Waals surface area contributed by atoms with E-state index in [0.717, 1.165) is 12.1 Å². The Kier molecular flexibility index (Phi) is 2.42. The summed E-state index contributed by atoms with van der Waals surface area (Å²) in [5, 5.41) is 17.4. The highest BCUT2D eigenvalue weighted by atomic mass is 19.3. The van der Waals surface area contributed by atoms with E-state index >= 15 is 0 Å². The van der Waals surface area contributed by atoms with Gasteiger partial charge in [0.15, 0.2) is 0 Å². The molecule has 0 aromatic heterocycles. The highest BCUT2D eigenvalue weighted by Gasteiger charge is 2.43. The molecule has 0 atom stereocenters. The number of aromatic hydroxyl groups is 1. The molecular formula is C9H8F2O3. The maximum Gasteiger partial charge on any atom is 0.379 e. The third kappa shape index (κ3) is 1.66. The first kappa shape index (κ1) is 10.4. The fourth-order valence-electron chi connectivity index (χ4n) is 1.02. The summed E-state index contributed by atoms with van der Waals surface area (Å²) in [7, 11) is 0. The molecule has 0 saturated carbocycles. The number of halogens is 2. The van der Waals surface area contributed by atoms with E-state index in [4.69, 9.17) is 10.2 Å². The molecule has 0 heterocycles. The third-order valence-electron chi connectivity index (χ3n) is 1.76. The van der Waals surface area contributed by atoms with Gasteiger partial charge >= 0.3 is 11.9 Å². The van der Waals surface area contributed by atoms with Gasteiger partial charge in [-0.3, -0.25) is 0 Å². The van der Waals surface area contributed by atoms with Crippen molar-refractivity contribution >= 4 is 5.97 Å². The number of alkyl halides is 2. The lowest BCUT2D eigenvalue weighted by Gasteiger charge is -2.13. The summed E-state index contributed by atoms with van der Waals surface area (Å²) >= 11 is 0. The lowest BCUT2D eigenvalue weighted by atomic mass is 10.1. The normalized spacial score (nSPS) is 11.4. The Morgan fingerprint density at radius 2 is 2.00 bits per heavy atom. The molecule has 0 fully saturated rings. The summed E-state index contributed by atoms with van der Waals surface area (Å²) < 4.78 is 25.8. The third-order valence-corrected chi connectivity index (χ3v) is 1.76. The van der Waals surface area contributed by atoms with E-state index in [-0.39, 0.29) is 0 Å². The van der Waals surface area contributed by atoms with Gasteiger partial charge in [0.1, 0.15) is 5.75 Å². The zero-order valence-electron chi connectivity index (χ0n) is 7.29. The van der Waals surface area contributed by atoms with Crippen LogP contribution in [0.2, 0.25) is 0 Å². The average Bonchev–Trinajstić information content (AvgIpc) is 2.02. The van der Waals surface area contributed by atoms with Gasteiger partial charge in [0.2, 0.25) is 0 Å². The number of carboxylic acid groups (broad SMARTS) is 1. The highest BCUT2D eigenvalue weighted by Crippen LogP contribution is 2.34. The Bertz CT molecular complexity index is 374. The van der Waals surface area contributed by atoms with Crippen molar-refractivity contribution in [3.8, 4) is 5.75 Å². The minimum atomic E-state index is -4.06. The van der Waals surface area contributed by atoms with Crippen LogP contribution in [0.25, 0.3) is 0 Å². The largest absolute Gasteiger partial charge is 0.507 e. The van der Waals surface area contributed by atoms with Crippen molar-refractivity contribution in [1.29, 1.82) is 0 Å². The number of hydrogen-bond acceptors (Lipinski definition) is 2. The van der Waals surface area contributed by atoms with E-state index < -0.39 is 23.2 Å². The molecule has 1 rings (SSSR count). The van der Waals surface area contributed by atoms with Gasteiger partial charge in [0.05, 0.1) is 5.56 Å². The maximum absolute atomic E-state index is 12.9. The Hall–Kier alpha value is -1.65. The van der Waals surface area contributed by atoms with Gasteiger partial charge in [-0.25, -0.2) is 4.79 Å². The minimum absolute atomic E-state index is 0.576. The number of hydrogen-bond donors (Lipinski definition) is 2. The first-order valence-electron chi connectivity index (χ1n) is 3.77. The van der Waals surface area contributed by atoms with Crippen molar-refractivity contribution in [2.75, 3.05) is 0 Å². The van der Waals surface area contributed by atoms with Crippen molar-refractivity contribution in [2.24, 2.45) is 0 Å². The van der Waals surface area contributed by atoms with Crippen LogP contribution in [0.15, 0.2) is 18.2 Å². The van der Waals surface area contributed by atoms with Crippen LogP contribution in [-0.4, -0.2) is 16.2 Å². The maximum atomic E-state index is 12.9. The number of rotatable bonds is 2. The second-order valence-corrected chi connectivity index (χ2v) is 2.90. The lowest BCUT2D eigenvalue weighted by Crippen LogP contribution is -2.25. The van der Waals surface area contributed by atoms with Crippen LogP contribution >= 0.6 is 0 Å². The molecule has 0 aliphatic carbocycles. The van der Waals surface area contributed by atoms with Crippen LogP contribution in [0.3, 0.4) is 0 Å². The van der Waals surface area contributed by atoms with Crippen molar-refractivity contribution in [3.63, 3.8) is 0 Å². The summed E-state index contributed by atoms with van der Waals surface area (Å²) in [5.41, 5.74) is -0.317. The molecule has 0 saturated heterocycles. The summed E-state index contributed by atoms with van der Waals surface area (Å²) in [4.78, 5) is 10.2. The minimum Gasteiger partial charge on any atom is -0.507 e. The quantitative estimate of drug-likeness (QED) is 0.769. The fourth-order valence-corrected chi connectivity index (χ4v) is 1.02. The Labute approximate surface area is 78.6 Å². The molecule has 1 aromatic rings. The number of aryl methyl sites for hydroxylation is 1.